The van der Waals surface area contributed by atoms with Crippen LogP contribution in [0.4, 0.5) is 5.69 Å². The molecular weight excluding hydrogens is 346 g/mol. The van der Waals surface area contributed by atoms with Gasteiger partial charge in [-0.3, -0.25) is 14.8 Å². The van der Waals surface area contributed by atoms with Crippen molar-refractivity contribution in [2.45, 2.75) is 25.7 Å². The standard InChI is InChI=1S/C21H18ClN3O/c22-18-7-5-14(6-8-18)16-9-17(12-23-11-16)21(26)25-19-10-15-3-1-2-4-20(15)24-13-19/h5-13H,1-4H2,(H,25,26). The molecule has 1 aliphatic rings. The molecule has 4 nitrogen and oxygen atoms in total. The highest BCUT2D eigenvalue weighted by Crippen LogP contribution is 2.24. The lowest BCUT2D eigenvalue weighted by atomic mass is 9.96. The minimum atomic E-state index is -0.189. The number of halogens is 1. The van der Waals surface area contributed by atoms with Crippen LogP contribution in [0.5, 0.6) is 0 Å². The van der Waals surface area contributed by atoms with Crippen molar-refractivity contribution in [3.8, 4) is 11.1 Å². The summed E-state index contributed by atoms with van der Waals surface area (Å²) in [6.07, 6.45) is 9.46. The highest BCUT2D eigenvalue weighted by molar-refractivity contribution is 6.30. The number of carbonyl (C=O) groups excluding carboxylic acids is 1. The van der Waals surface area contributed by atoms with Crippen LogP contribution in [0.3, 0.4) is 0 Å². The number of hydrogen-bond donors (Lipinski definition) is 1. The molecule has 0 radical (unpaired) electrons. The van der Waals surface area contributed by atoms with E-state index in [2.05, 4.69) is 15.3 Å². The summed E-state index contributed by atoms with van der Waals surface area (Å²) in [5, 5.41) is 3.61. The predicted octanol–water partition coefficient (Wildman–Crippen LogP) is 4.93. The van der Waals surface area contributed by atoms with Gasteiger partial charge in [-0.05, 0) is 61.1 Å². The van der Waals surface area contributed by atoms with E-state index < -0.39 is 0 Å². The average molecular weight is 364 g/mol. The molecule has 2 heterocycles. The lowest BCUT2D eigenvalue weighted by Crippen LogP contribution is -2.14. The van der Waals surface area contributed by atoms with Crippen molar-refractivity contribution in [1.82, 2.24) is 9.97 Å². The molecule has 0 saturated carbocycles. The average Bonchev–Trinajstić information content (AvgIpc) is 2.68. The third kappa shape index (κ3) is 3.60. The maximum atomic E-state index is 12.6. The first kappa shape index (κ1) is 16.7. The number of pyridine rings is 2. The maximum Gasteiger partial charge on any atom is 0.257 e. The van der Waals surface area contributed by atoms with Crippen LogP contribution in [0, 0.1) is 0 Å². The molecule has 5 heteroatoms. The Morgan fingerprint density at radius 1 is 0.962 bits per heavy atom. The van der Waals surface area contributed by atoms with Gasteiger partial charge in [0.2, 0.25) is 0 Å². The quantitative estimate of drug-likeness (QED) is 0.718. The molecule has 1 N–H and O–H groups in total. The summed E-state index contributed by atoms with van der Waals surface area (Å²) in [5.41, 5.74) is 5.47. The van der Waals surface area contributed by atoms with Crippen LogP contribution in [0.25, 0.3) is 11.1 Å². The number of nitrogens with zero attached hydrogens (tertiary/aromatic N) is 2. The Morgan fingerprint density at radius 3 is 2.62 bits per heavy atom. The minimum Gasteiger partial charge on any atom is -0.321 e. The fraction of sp³-hybridized carbons (Fsp3) is 0.190. The van der Waals surface area contributed by atoms with E-state index in [4.69, 9.17) is 11.6 Å². The lowest BCUT2D eigenvalue weighted by Gasteiger charge is -2.15. The van der Waals surface area contributed by atoms with Crippen LogP contribution in [0.1, 0.15) is 34.5 Å². The first-order chi connectivity index (χ1) is 12.7. The molecule has 1 amide bonds. The Morgan fingerprint density at radius 2 is 1.77 bits per heavy atom. The first-order valence-corrected chi connectivity index (χ1v) is 9.07. The summed E-state index contributed by atoms with van der Waals surface area (Å²) in [6.45, 7) is 0. The number of fused-ring (bicyclic) bond motifs is 1. The molecule has 130 valence electrons. The van der Waals surface area contributed by atoms with Gasteiger partial charge in [0.1, 0.15) is 0 Å². The van der Waals surface area contributed by atoms with Gasteiger partial charge in [0.05, 0.1) is 17.4 Å². The SMILES string of the molecule is O=C(Nc1cnc2c(c1)CCCC2)c1cncc(-c2ccc(Cl)cc2)c1. The Balaban J connectivity index is 1.55. The van der Waals surface area contributed by atoms with E-state index in [1.54, 1.807) is 18.6 Å². The molecule has 0 unspecified atom stereocenters. The molecule has 0 aliphatic heterocycles. The summed E-state index contributed by atoms with van der Waals surface area (Å²) in [7, 11) is 0. The number of benzene rings is 1. The monoisotopic (exact) mass is 363 g/mol. The summed E-state index contributed by atoms with van der Waals surface area (Å²) >= 11 is 5.94. The Hall–Kier alpha value is -2.72. The van der Waals surface area contributed by atoms with Crippen molar-refractivity contribution in [3.05, 3.63) is 76.8 Å². The van der Waals surface area contributed by atoms with E-state index in [9.17, 15) is 4.79 Å². The number of anilines is 1. The highest BCUT2D eigenvalue weighted by atomic mass is 35.5. The second kappa shape index (κ2) is 7.26. The van der Waals surface area contributed by atoms with Crippen molar-refractivity contribution in [1.29, 1.82) is 0 Å². The van der Waals surface area contributed by atoms with Crippen LogP contribution in [0.15, 0.2) is 55.0 Å². The summed E-state index contributed by atoms with van der Waals surface area (Å²) < 4.78 is 0. The summed E-state index contributed by atoms with van der Waals surface area (Å²) in [4.78, 5) is 21.3. The van der Waals surface area contributed by atoms with Gasteiger partial charge >= 0.3 is 0 Å². The molecule has 1 aromatic carbocycles. The van der Waals surface area contributed by atoms with Gasteiger partial charge in [0, 0.05) is 28.7 Å². The number of amides is 1. The van der Waals surface area contributed by atoms with E-state index in [1.165, 1.54) is 18.4 Å². The van der Waals surface area contributed by atoms with Crippen LogP contribution < -0.4 is 5.32 Å². The second-order valence-electron chi connectivity index (χ2n) is 6.46. The molecule has 0 bridgehead atoms. The number of carbonyl (C=O) groups is 1. The van der Waals surface area contributed by atoms with Crippen LogP contribution in [-0.2, 0) is 12.8 Å². The van der Waals surface area contributed by atoms with Gasteiger partial charge in [-0.25, -0.2) is 0 Å². The molecule has 0 spiro atoms. The number of rotatable bonds is 3. The van der Waals surface area contributed by atoms with Crippen LogP contribution in [0.2, 0.25) is 5.02 Å². The normalized spacial score (nSPS) is 13.1. The Labute approximate surface area is 157 Å². The second-order valence-corrected chi connectivity index (χ2v) is 6.90. The van der Waals surface area contributed by atoms with Gasteiger partial charge in [-0.1, -0.05) is 23.7 Å². The third-order valence-electron chi connectivity index (χ3n) is 4.61. The van der Waals surface area contributed by atoms with Gasteiger partial charge in [0.25, 0.3) is 5.91 Å². The zero-order valence-corrected chi connectivity index (χ0v) is 15.0. The molecule has 3 aromatic rings. The predicted molar refractivity (Wildman–Crippen MR) is 104 cm³/mol. The zero-order valence-electron chi connectivity index (χ0n) is 14.2. The summed E-state index contributed by atoms with van der Waals surface area (Å²) in [6, 6.07) is 11.3. The van der Waals surface area contributed by atoms with Crippen molar-refractivity contribution in [2.24, 2.45) is 0 Å². The Bertz CT molecular complexity index is 954. The lowest BCUT2D eigenvalue weighted by molar-refractivity contribution is 0.102. The maximum absolute atomic E-state index is 12.6. The largest absolute Gasteiger partial charge is 0.321 e. The molecule has 26 heavy (non-hydrogen) atoms. The number of aromatic nitrogens is 2. The third-order valence-corrected chi connectivity index (χ3v) is 4.86. The molecule has 0 atom stereocenters. The van der Waals surface area contributed by atoms with Crippen molar-refractivity contribution >= 4 is 23.2 Å². The smallest absolute Gasteiger partial charge is 0.257 e. The van der Waals surface area contributed by atoms with Gasteiger partial charge in [-0.15, -0.1) is 0 Å². The van der Waals surface area contributed by atoms with E-state index in [1.807, 2.05) is 36.4 Å². The van der Waals surface area contributed by atoms with Gasteiger partial charge in [-0.2, -0.15) is 0 Å². The van der Waals surface area contributed by atoms with E-state index in [0.29, 0.717) is 10.6 Å². The molecule has 0 fully saturated rings. The first-order valence-electron chi connectivity index (χ1n) is 8.69. The van der Waals surface area contributed by atoms with Crippen molar-refractivity contribution < 1.29 is 4.79 Å². The number of nitrogens with one attached hydrogen (secondary N) is 1. The van der Waals surface area contributed by atoms with E-state index in [0.717, 1.165) is 35.3 Å². The number of hydrogen-bond acceptors (Lipinski definition) is 3. The topological polar surface area (TPSA) is 54.9 Å². The van der Waals surface area contributed by atoms with E-state index >= 15 is 0 Å². The van der Waals surface area contributed by atoms with Gasteiger partial charge in [0.15, 0.2) is 0 Å². The summed E-state index contributed by atoms with van der Waals surface area (Å²) in [5.74, 6) is -0.189. The van der Waals surface area contributed by atoms with Gasteiger partial charge < -0.3 is 5.32 Å². The Kier molecular flexibility index (Phi) is 4.67. The van der Waals surface area contributed by atoms with E-state index in [-0.39, 0.29) is 5.91 Å². The highest BCUT2D eigenvalue weighted by Gasteiger charge is 2.13. The fourth-order valence-corrected chi connectivity index (χ4v) is 3.35. The number of aryl methyl sites for hydroxylation is 2. The molecule has 4 rings (SSSR count). The van der Waals surface area contributed by atoms with Crippen LogP contribution in [-0.4, -0.2) is 15.9 Å². The fourth-order valence-electron chi connectivity index (χ4n) is 3.22. The van der Waals surface area contributed by atoms with Crippen molar-refractivity contribution in [2.75, 3.05) is 5.32 Å². The zero-order chi connectivity index (χ0) is 17.9. The molecule has 1 aliphatic carbocycles. The molecule has 2 aromatic heterocycles. The molecular formula is C21H18ClN3O. The minimum absolute atomic E-state index is 0.189. The molecule has 0 saturated heterocycles. The van der Waals surface area contributed by atoms with Crippen molar-refractivity contribution in [3.63, 3.8) is 0 Å². The van der Waals surface area contributed by atoms with Crippen LogP contribution >= 0.6 is 11.6 Å².